The van der Waals surface area contributed by atoms with E-state index in [4.69, 9.17) is 4.74 Å². The number of amides is 2. The van der Waals surface area contributed by atoms with E-state index in [-0.39, 0.29) is 41.6 Å². The molecule has 2 amide bonds. The molecule has 35 heavy (non-hydrogen) atoms. The molecule has 0 aromatic carbocycles. The van der Waals surface area contributed by atoms with Crippen LogP contribution in [0, 0.1) is 17.8 Å². The molecular weight excluding hydrogens is 464 g/mol. The van der Waals surface area contributed by atoms with Crippen molar-refractivity contribution in [2.75, 3.05) is 19.8 Å². The summed E-state index contributed by atoms with van der Waals surface area (Å²) >= 11 is 1.64. The van der Waals surface area contributed by atoms with Gasteiger partial charge in [0.15, 0.2) is 0 Å². The number of hydrogen-bond acceptors (Lipinski definition) is 6. The van der Waals surface area contributed by atoms with Crippen molar-refractivity contribution < 1.29 is 24.2 Å². The number of likely N-dealkylation sites (tertiary alicyclic amines) is 1. The third kappa shape index (κ3) is 4.68. The van der Waals surface area contributed by atoms with E-state index in [1.807, 2.05) is 11.8 Å². The van der Waals surface area contributed by atoms with Gasteiger partial charge in [-0.3, -0.25) is 14.4 Å². The Bertz CT molecular complexity index is 834. The molecule has 0 saturated carbocycles. The first-order valence-corrected chi connectivity index (χ1v) is 13.9. The summed E-state index contributed by atoms with van der Waals surface area (Å²) in [4.78, 5) is 44.9. The second kappa shape index (κ2) is 11.5. The van der Waals surface area contributed by atoms with Gasteiger partial charge in [-0.2, -0.15) is 0 Å². The number of thioether (sulfide) groups is 1. The van der Waals surface area contributed by atoms with Gasteiger partial charge in [0.05, 0.1) is 35.8 Å². The van der Waals surface area contributed by atoms with E-state index in [1.165, 1.54) is 0 Å². The molecule has 0 aromatic rings. The number of nitrogens with zero attached hydrogens (tertiary/aromatic N) is 2. The van der Waals surface area contributed by atoms with E-state index in [0.717, 1.165) is 25.7 Å². The lowest BCUT2D eigenvalue weighted by molar-refractivity contribution is -0.155. The topological polar surface area (TPSA) is 87.2 Å². The highest BCUT2D eigenvalue weighted by Crippen LogP contribution is 2.69. The molecule has 0 aromatic heterocycles. The van der Waals surface area contributed by atoms with Crippen LogP contribution in [0.2, 0.25) is 0 Å². The Morgan fingerprint density at radius 1 is 1.34 bits per heavy atom. The summed E-state index contributed by atoms with van der Waals surface area (Å²) in [6.45, 7) is 16.0. The van der Waals surface area contributed by atoms with Gasteiger partial charge in [-0.1, -0.05) is 32.4 Å². The summed E-state index contributed by atoms with van der Waals surface area (Å²) in [5.41, 5.74) is 0. The number of fused-ring (bicyclic) bond motifs is 1. The van der Waals surface area contributed by atoms with Gasteiger partial charge >= 0.3 is 5.97 Å². The minimum atomic E-state index is -0.732. The molecule has 3 rings (SSSR count). The first-order chi connectivity index (χ1) is 16.7. The average Bonchev–Trinajstić information content (AvgIpc) is 3.43. The van der Waals surface area contributed by atoms with Crippen LogP contribution >= 0.6 is 11.8 Å². The molecule has 8 atom stereocenters. The van der Waals surface area contributed by atoms with Crippen LogP contribution in [0.25, 0.3) is 0 Å². The van der Waals surface area contributed by atoms with Crippen molar-refractivity contribution in [1.29, 1.82) is 0 Å². The van der Waals surface area contributed by atoms with Gasteiger partial charge < -0.3 is 19.6 Å². The Balaban J connectivity index is 2.01. The van der Waals surface area contributed by atoms with Crippen molar-refractivity contribution in [3.05, 3.63) is 25.3 Å². The summed E-state index contributed by atoms with van der Waals surface area (Å²) in [5.74, 6) is -1.77. The number of hydrogen-bond donors (Lipinski definition) is 1. The van der Waals surface area contributed by atoms with Crippen LogP contribution in [0.4, 0.5) is 0 Å². The van der Waals surface area contributed by atoms with Gasteiger partial charge in [-0.25, -0.2) is 0 Å². The SMILES string of the molecule is C=CCCCOC(=O)[C@@H]1[C@@H]2CC(C)C3(S2)C(C(=O)N(CC=C)C(C)CCC)N([C@H](C)CO)C(=O)[C@H]13. The Labute approximate surface area is 214 Å². The maximum Gasteiger partial charge on any atom is 0.310 e. The lowest BCUT2D eigenvalue weighted by Crippen LogP contribution is -2.60. The van der Waals surface area contributed by atoms with E-state index in [1.54, 1.807) is 35.7 Å². The van der Waals surface area contributed by atoms with Gasteiger partial charge in [0.1, 0.15) is 6.04 Å². The normalized spacial score (nSPS) is 32.8. The standard InChI is InChI=1S/C27H42N2O5S/c1-7-10-11-14-34-26(33)21-20-15-17(4)27(35-20)22(21)24(31)29(19(6)16-30)23(27)25(32)28(13-9-3)18(5)12-8-2/h7,9,17-23,30H,1,3,8,10-16H2,2,4-6H3/t17?,18?,19-,20+,21-,22+,23?,27?/m1/s1. The first-order valence-electron chi connectivity index (χ1n) is 13.0. The lowest BCUT2D eigenvalue weighted by atomic mass is 9.66. The fourth-order valence-corrected chi connectivity index (χ4v) is 8.81. The van der Waals surface area contributed by atoms with Crippen LogP contribution in [0.15, 0.2) is 25.3 Å². The minimum absolute atomic E-state index is 0.00753. The Kier molecular flexibility index (Phi) is 9.13. The number of aliphatic hydroxyl groups excluding tert-OH is 1. The van der Waals surface area contributed by atoms with Crippen molar-refractivity contribution in [2.45, 2.75) is 87.9 Å². The molecule has 0 radical (unpaired) electrons. The zero-order chi connectivity index (χ0) is 25.9. The molecule has 4 unspecified atom stereocenters. The number of unbranched alkanes of at least 4 members (excludes halogenated alkanes) is 1. The Hall–Kier alpha value is -1.80. The van der Waals surface area contributed by atoms with Gasteiger partial charge in [0.25, 0.3) is 0 Å². The van der Waals surface area contributed by atoms with Gasteiger partial charge in [-0.15, -0.1) is 24.9 Å². The largest absolute Gasteiger partial charge is 0.465 e. The second-order valence-corrected chi connectivity index (χ2v) is 11.9. The molecule has 1 spiro atoms. The van der Waals surface area contributed by atoms with Crippen LogP contribution < -0.4 is 0 Å². The number of ether oxygens (including phenoxy) is 1. The van der Waals surface area contributed by atoms with Gasteiger partial charge in [-0.05, 0) is 45.4 Å². The molecule has 3 heterocycles. The predicted octanol–water partition coefficient (Wildman–Crippen LogP) is 3.42. The minimum Gasteiger partial charge on any atom is -0.465 e. The summed E-state index contributed by atoms with van der Waals surface area (Å²) < 4.78 is 4.90. The zero-order valence-electron chi connectivity index (χ0n) is 21.7. The number of allylic oxidation sites excluding steroid dienone is 1. The van der Waals surface area contributed by atoms with E-state index >= 15 is 0 Å². The summed E-state index contributed by atoms with van der Waals surface area (Å²) in [6.07, 6.45) is 7.50. The Morgan fingerprint density at radius 3 is 2.66 bits per heavy atom. The monoisotopic (exact) mass is 506 g/mol. The van der Waals surface area contributed by atoms with Gasteiger partial charge in [0, 0.05) is 17.8 Å². The second-order valence-electron chi connectivity index (χ2n) is 10.3. The molecule has 7 nitrogen and oxygen atoms in total. The summed E-state index contributed by atoms with van der Waals surface area (Å²) in [7, 11) is 0. The zero-order valence-corrected chi connectivity index (χ0v) is 22.5. The molecule has 2 bridgehead atoms. The van der Waals surface area contributed by atoms with Crippen molar-refractivity contribution in [2.24, 2.45) is 17.8 Å². The van der Waals surface area contributed by atoms with Crippen LogP contribution in [0.5, 0.6) is 0 Å². The highest BCUT2D eigenvalue weighted by Gasteiger charge is 2.77. The summed E-state index contributed by atoms with van der Waals surface area (Å²) in [6, 6.07) is -1.27. The number of esters is 1. The van der Waals surface area contributed by atoms with Crippen molar-refractivity contribution in [1.82, 2.24) is 9.80 Å². The fraction of sp³-hybridized carbons (Fsp3) is 0.741. The van der Waals surface area contributed by atoms with Crippen LogP contribution in [-0.2, 0) is 19.1 Å². The van der Waals surface area contributed by atoms with E-state index in [0.29, 0.717) is 19.6 Å². The highest BCUT2D eigenvalue weighted by atomic mass is 32.2. The molecule has 3 fully saturated rings. The molecule has 8 heteroatoms. The number of aliphatic hydroxyl groups is 1. The smallest absolute Gasteiger partial charge is 0.310 e. The van der Waals surface area contributed by atoms with Crippen LogP contribution in [0.3, 0.4) is 0 Å². The first kappa shape index (κ1) is 27.8. The lowest BCUT2D eigenvalue weighted by Gasteiger charge is -2.42. The van der Waals surface area contributed by atoms with Crippen LogP contribution in [-0.4, -0.2) is 80.6 Å². The molecule has 196 valence electrons. The molecular formula is C27H42N2O5S. The third-order valence-electron chi connectivity index (χ3n) is 8.07. The van der Waals surface area contributed by atoms with E-state index < -0.39 is 28.7 Å². The number of carbonyl (C=O) groups excluding carboxylic acids is 3. The van der Waals surface area contributed by atoms with E-state index in [9.17, 15) is 19.5 Å². The van der Waals surface area contributed by atoms with E-state index in [2.05, 4.69) is 27.0 Å². The molecule has 3 aliphatic rings. The van der Waals surface area contributed by atoms with Crippen molar-refractivity contribution in [3.8, 4) is 0 Å². The molecule has 3 saturated heterocycles. The third-order valence-corrected chi connectivity index (χ3v) is 10.1. The predicted molar refractivity (Wildman–Crippen MR) is 139 cm³/mol. The number of carbonyl (C=O) groups is 3. The molecule has 0 aliphatic carbocycles. The maximum atomic E-state index is 14.3. The summed E-state index contributed by atoms with van der Waals surface area (Å²) in [5, 5.41) is 10.00. The Morgan fingerprint density at radius 2 is 2.06 bits per heavy atom. The maximum absolute atomic E-state index is 14.3. The molecule has 3 aliphatic heterocycles. The number of rotatable bonds is 13. The average molecular weight is 507 g/mol. The fourth-order valence-electron chi connectivity index (χ4n) is 6.42. The van der Waals surface area contributed by atoms with Gasteiger partial charge in [0.2, 0.25) is 11.8 Å². The van der Waals surface area contributed by atoms with Crippen molar-refractivity contribution >= 4 is 29.5 Å². The van der Waals surface area contributed by atoms with Crippen LogP contribution in [0.1, 0.15) is 59.8 Å². The highest BCUT2D eigenvalue weighted by molar-refractivity contribution is 8.02. The van der Waals surface area contributed by atoms with Crippen molar-refractivity contribution in [3.63, 3.8) is 0 Å². The molecule has 1 N–H and O–H groups in total. The quantitative estimate of drug-likeness (QED) is 0.234.